The van der Waals surface area contributed by atoms with Gasteiger partial charge in [0, 0.05) is 49.4 Å². The second-order valence-corrected chi connectivity index (χ2v) is 10.9. The molecule has 1 saturated heterocycles. The van der Waals surface area contributed by atoms with Gasteiger partial charge in [0.2, 0.25) is 11.8 Å². The minimum atomic E-state index is -0.454. The van der Waals surface area contributed by atoms with Crippen LogP contribution in [0.5, 0.6) is 11.6 Å². The Morgan fingerprint density at radius 1 is 1.07 bits per heavy atom. The lowest BCUT2D eigenvalue weighted by atomic mass is 9.97. The summed E-state index contributed by atoms with van der Waals surface area (Å²) in [6.07, 6.45) is 0.769. The molecular formula is C33H36FN5O5. The first-order valence-corrected chi connectivity index (χ1v) is 14.7. The van der Waals surface area contributed by atoms with Gasteiger partial charge in [-0.1, -0.05) is 43.3 Å². The Labute approximate surface area is 255 Å². The third-order valence-electron chi connectivity index (χ3n) is 8.07. The lowest BCUT2D eigenvalue weighted by molar-refractivity contribution is 0.0512. The molecule has 1 aromatic heterocycles. The average Bonchev–Trinajstić information content (AvgIpc) is 3.03. The summed E-state index contributed by atoms with van der Waals surface area (Å²) in [6.45, 7) is 4.56. The van der Waals surface area contributed by atoms with Crippen LogP contribution in [0.2, 0.25) is 0 Å². The summed E-state index contributed by atoms with van der Waals surface area (Å²) in [5, 5.41) is 4.68. The molecule has 6 rings (SSSR count). The van der Waals surface area contributed by atoms with Crippen LogP contribution in [0.4, 0.5) is 20.8 Å². The van der Waals surface area contributed by atoms with Crippen LogP contribution in [0.3, 0.4) is 0 Å². The van der Waals surface area contributed by atoms with Crippen molar-refractivity contribution in [1.82, 2.24) is 15.3 Å². The maximum Gasteiger partial charge on any atom is 0.407 e. The third kappa shape index (κ3) is 6.05. The molecule has 2 aliphatic rings. The molecule has 11 heteroatoms. The van der Waals surface area contributed by atoms with E-state index in [9.17, 15) is 9.18 Å². The third-order valence-corrected chi connectivity index (χ3v) is 8.07. The van der Waals surface area contributed by atoms with Crippen molar-refractivity contribution in [2.75, 3.05) is 50.4 Å². The number of aryl methyl sites for hydroxylation is 1. The molecule has 1 N–H and O–H groups in total. The number of methoxy groups -OCH3 is 2. The van der Waals surface area contributed by atoms with Gasteiger partial charge in [-0.25, -0.2) is 14.2 Å². The van der Waals surface area contributed by atoms with E-state index >= 15 is 0 Å². The first-order valence-electron chi connectivity index (χ1n) is 14.7. The highest BCUT2D eigenvalue weighted by atomic mass is 19.1. The van der Waals surface area contributed by atoms with Crippen LogP contribution in [0.25, 0.3) is 10.8 Å². The van der Waals surface area contributed by atoms with Gasteiger partial charge in [-0.05, 0) is 41.5 Å². The standard InChI is InChI=1S/C33H36FN5O5/c1-4-25-27(34)11-10-22-14-24(44-20-41-2)15-29(30(22)25)38-13-12-26-28(18-38)36-32(37-31(26)42-3)39-16-23(17-39)35-33(40)43-19-21-8-6-5-7-9-21/h5-11,14-15,23H,4,12-13,16-20H2,1-3H3,(H,35,40). The summed E-state index contributed by atoms with van der Waals surface area (Å²) < 4.78 is 37.0. The van der Waals surface area contributed by atoms with E-state index < -0.39 is 6.09 Å². The topological polar surface area (TPSA) is 98.3 Å². The number of aromatic nitrogens is 2. The number of halogens is 1. The number of hydrogen-bond donors (Lipinski definition) is 1. The summed E-state index contributed by atoms with van der Waals surface area (Å²) in [7, 11) is 3.19. The van der Waals surface area contributed by atoms with E-state index in [1.807, 2.05) is 54.3 Å². The number of amides is 1. The number of fused-ring (bicyclic) bond motifs is 2. The van der Waals surface area contributed by atoms with Crippen molar-refractivity contribution in [1.29, 1.82) is 0 Å². The molecule has 0 spiro atoms. The maximum absolute atomic E-state index is 15.0. The fourth-order valence-electron chi connectivity index (χ4n) is 5.83. The monoisotopic (exact) mass is 601 g/mol. The van der Waals surface area contributed by atoms with Crippen molar-refractivity contribution in [2.24, 2.45) is 0 Å². The molecule has 0 saturated carbocycles. The van der Waals surface area contributed by atoms with Crippen LogP contribution >= 0.6 is 0 Å². The number of ether oxygens (including phenoxy) is 4. The van der Waals surface area contributed by atoms with Crippen molar-refractivity contribution in [3.8, 4) is 11.6 Å². The second-order valence-electron chi connectivity index (χ2n) is 10.9. The molecule has 0 aliphatic carbocycles. The zero-order valence-electron chi connectivity index (χ0n) is 25.1. The average molecular weight is 602 g/mol. The Hall–Kier alpha value is -4.64. The predicted octanol–water partition coefficient (Wildman–Crippen LogP) is 5.00. The molecule has 3 aromatic carbocycles. The fourth-order valence-corrected chi connectivity index (χ4v) is 5.83. The quantitative estimate of drug-likeness (QED) is 0.252. The summed E-state index contributed by atoms with van der Waals surface area (Å²) in [5.74, 6) is 1.52. The van der Waals surface area contributed by atoms with Crippen LogP contribution in [0.15, 0.2) is 54.6 Å². The molecule has 0 bridgehead atoms. The molecule has 4 aromatic rings. The van der Waals surface area contributed by atoms with E-state index in [4.69, 9.17) is 28.9 Å². The minimum Gasteiger partial charge on any atom is -0.481 e. The van der Waals surface area contributed by atoms with Gasteiger partial charge in [-0.15, -0.1) is 0 Å². The maximum atomic E-state index is 15.0. The van der Waals surface area contributed by atoms with E-state index in [-0.39, 0.29) is 25.3 Å². The SMILES string of the molecule is CCc1c(F)ccc2cc(OCOC)cc(N3CCc4c(nc(N5CC(NC(=O)OCc6ccccc6)C5)nc4OC)C3)c12. The van der Waals surface area contributed by atoms with Gasteiger partial charge in [0.15, 0.2) is 6.79 Å². The van der Waals surface area contributed by atoms with Crippen LogP contribution in [-0.4, -0.2) is 62.7 Å². The number of benzene rings is 3. The molecule has 2 aliphatic heterocycles. The number of nitrogens with one attached hydrogen (secondary N) is 1. The molecule has 44 heavy (non-hydrogen) atoms. The molecule has 10 nitrogen and oxygen atoms in total. The lowest BCUT2D eigenvalue weighted by Gasteiger charge is -2.40. The summed E-state index contributed by atoms with van der Waals surface area (Å²) in [6, 6.07) is 16.7. The van der Waals surface area contributed by atoms with E-state index in [0.717, 1.165) is 33.3 Å². The molecule has 1 fully saturated rings. The summed E-state index contributed by atoms with van der Waals surface area (Å²) in [4.78, 5) is 26.2. The number of nitrogens with zero attached hydrogens (tertiary/aromatic N) is 4. The highest BCUT2D eigenvalue weighted by Crippen LogP contribution is 2.39. The fraction of sp³-hybridized carbons (Fsp3) is 0.364. The minimum absolute atomic E-state index is 0.0797. The smallest absolute Gasteiger partial charge is 0.407 e. The Kier molecular flexibility index (Phi) is 8.65. The van der Waals surface area contributed by atoms with Gasteiger partial charge in [-0.3, -0.25) is 0 Å². The van der Waals surface area contributed by atoms with Crippen LogP contribution in [0.1, 0.15) is 29.3 Å². The lowest BCUT2D eigenvalue weighted by Crippen LogP contribution is -2.60. The van der Waals surface area contributed by atoms with Gasteiger partial charge in [0.25, 0.3) is 0 Å². The zero-order valence-corrected chi connectivity index (χ0v) is 25.1. The van der Waals surface area contributed by atoms with Gasteiger partial charge in [0.05, 0.1) is 25.4 Å². The van der Waals surface area contributed by atoms with Crippen molar-refractivity contribution in [3.05, 3.63) is 82.8 Å². The predicted molar refractivity (Wildman–Crippen MR) is 165 cm³/mol. The number of alkyl carbamates (subject to hydrolysis) is 1. The van der Waals surface area contributed by atoms with E-state index in [1.165, 1.54) is 6.07 Å². The number of carbonyl (C=O) groups is 1. The van der Waals surface area contributed by atoms with Crippen LogP contribution in [0, 0.1) is 5.82 Å². The Morgan fingerprint density at radius 3 is 2.64 bits per heavy atom. The van der Waals surface area contributed by atoms with E-state index in [2.05, 4.69) is 10.2 Å². The zero-order chi connectivity index (χ0) is 30.6. The van der Waals surface area contributed by atoms with Crippen molar-refractivity contribution in [3.63, 3.8) is 0 Å². The van der Waals surface area contributed by atoms with Gasteiger partial charge in [0.1, 0.15) is 18.2 Å². The van der Waals surface area contributed by atoms with Gasteiger partial charge >= 0.3 is 6.09 Å². The first kappa shape index (κ1) is 29.4. The molecule has 230 valence electrons. The molecule has 0 unspecified atom stereocenters. The molecule has 1 amide bonds. The largest absolute Gasteiger partial charge is 0.481 e. The molecular weight excluding hydrogens is 565 g/mol. The Morgan fingerprint density at radius 2 is 1.89 bits per heavy atom. The number of carbonyl (C=O) groups excluding carboxylic acids is 1. The second kappa shape index (κ2) is 12.9. The first-order chi connectivity index (χ1) is 21.5. The van der Waals surface area contributed by atoms with Crippen molar-refractivity contribution < 1.29 is 28.1 Å². The summed E-state index contributed by atoms with van der Waals surface area (Å²) >= 11 is 0. The van der Waals surface area contributed by atoms with Gasteiger partial charge in [-0.2, -0.15) is 4.98 Å². The summed E-state index contributed by atoms with van der Waals surface area (Å²) in [5.41, 5.74) is 4.30. The number of rotatable bonds is 10. The number of anilines is 2. The highest BCUT2D eigenvalue weighted by Gasteiger charge is 2.33. The van der Waals surface area contributed by atoms with Crippen molar-refractivity contribution in [2.45, 2.75) is 39.0 Å². The van der Waals surface area contributed by atoms with E-state index in [1.54, 1.807) is 20.3 Å². The molecule has 0 radical (unpaired) electrons. The molecule has 0 atom stereocenters. The van der Waals surface area contributed by atoms with Crippen LogP contribution in [-0.2, 0) is 35.5 Å². The van der Waals surface area contributed by atoms with Gasteiger partial charge < -0.3 is 34.1 Å². The Balaban J connectivity index is 1.20. The molecule has 3 heterocycles. The number of hydrogen-bond acceptors (Lipinski definition) is 9. The van der Waals surface area contributed by atoms with Crippen LogP contribution < -0.4 is 24.6 Å². The Bertz CT molecular complexity index is 1650. The van der Waals surface area contributed by atoms with E-state index in [0.29, 0.717) is 62.2 Å². The van der Waals surface area contributed by atoms with Crippen molar-refractivity contribution >= 4 is 28.5 Å². The highest BCUT2D eigenvalue weighted by molar-refractivity contribution is 5.98. The normalized spacial score (nSPS) is 14.6.